The second-order valence-corrected chi connectivity index (χ2v) is 8.07. The number of hydrogen-bond donors (Lipinski definition) is 0. The summed E-state index contributed by atoms with van der Waals surface area (Å²) in [6.45, 7) is 6.78. The molecule has 2 aliphatic rings. The summed E-state index contributed by atoms with van der Waals surface area (Å²) in [4.78, 5) is 43.2. The number of anilines is 1. The van der Waals surface area contributed by atoms with E-state index >= 15 is 0 Å². The number of nitrogens with zero attached hydrogens (tertiary/aromatic N) is 3. The smallest absolute Gasteiger partial charge is 0.268 e. The number of rotatable bonds is 5. The zero-order valence-electron chi connectivity index (χ0n) is 17.9. The summed E-state index contributed by atoms with van der Waals surface area (Å²) in [7, 11) is 0. The van der Waals surface area contributed by atoms with Crippen molar-refractivity contribution in [1.29, 1.82) is 0 Å². The Balaban J connectivity index is 1.42. The monoisotopic (exact) mass is 421 g/mol. The minimum absolute atomic E-state index is 0.0560. The van der Waals surface area contributed by atoms with Gasteiger partial charge in [-0.3, -0.25) is 24.2 Å². The van der Waals surface area contributed by atoms with E-state index in [1.807, 2.05) is 23.1 Å². The summed E-state index contributed by atoms with van der Waals surface area (Å²) < 4.78 is 5.67. The van der Waals surface area contributed by atoms with Gasteiger partial charge in [0, 0.05) is 38.3 Å². The van der Waals surface area contributed by atoms with E-state index in [1.54, 1.807) is 25.1 Å². The maximum atomic E-state index is 13.0. The molecule has 0 bridgehead atoms. The molecule has 2 aromatic carbocycles. The number of piperazine rings is 1. The Morgan fingerprint density at radius 1 is 1.03 bits per heavy atom. The van der Waals surface area contributed by atoms with E-state index in [0.29, 0.717) is 30.1 Å². The molecule has 0 aliphatic carbocycles. The van der Waals surface area contributed by atoms with E-state index in [4.69, 9.17) is 4.74 Å². The number of carbonyl (C=O) groups is 3. The minimum Gasteiger partial charge on any atom is -0.479 e. The number of hydrogen-bond acceptors (Lipinski definition) is 5. The molecule has 1 saturated heterocycles. The topological polar surface area (TPSA) is 70.2 Å². The van der Waals surface area contributed by atoms with E-state index in [1.165, 1.54) is 17.4 Å². The highest BCUT2D eigenvalue weighted by Crippen LogP contribution is 2.35. The third-order valence-corrected chi connectivity index (χ3v) is 5.84. The van der Waals surface area contributed by atoms with Crippen molar-refractivity contribution < 1.29 is 19.1 Å². The Labute approximate surface area is 182 Å². The van der Waals surface area contributed by atoms with Crippen LogP contribution in [-0.4, -0.2) is 66.2 Å². The molecule has 162 valence electrons. The Hall–Kier alpha value is -3.19. The summed E-state index contributed by atoms with van der Waals surface area (Å²) in [5, 5.41) is 0. The minimum atomic E-state index is -0.675. The van der Waals surface area contributed by atoms with Gasteiger partial charge in [0.25, 0.3) is 5.91 Å². The summed E-state index contributed by atoms with van der Waals surface area (Å²) >= 11 is 0. The first kappa shape index (κ1) is 21.1. The normalized spacial score (nSPS) is 19.0. The van der Waals surface area contributed by atoms with E-state index in [9.17, 15) is 14.4 Å². The van der Waals surface area contributed by atoms with Crippen molar-refractivity contribution in [3.8, 4) is 5.75 Å². The molecular formula is C24H27N3O4. The van der Waals surface area contributed by atoms with Gasteiger partial charge in [-0.05, 0) is 37.6 Å². The molecule has 31 heavy (non-hydrogen) atoms. The van der Waals surface area contributed by atoms with E-state index < -0.39 is 6.10 Å². The first-order chi connectivity index (χ1) is 14.9. The lowest BCUT2D eigenvalue weighted by atomic mass is 10.1. The molecule has 2 amide bonds. The van der Waals surface area contributed by atoms with Gasteiger partial charge in [0.05, 0.1) is 5.69 Å². The van der Waals surface area contributed by atoms with Crippen LogP contribution >= 0.6 is 0 Å². The first-order valence-electron chi connectivity index (χ1n) is 10.6. The predicted octanol–water partition coefficient (Wildman–Crippen LogP) is 2.35. The van der Waals surface area contributed by atoms with Crippen LogP contribution in [0.4, 0.5) is 5.69 Å². The van der Waals surface area contributed by atoms with E-state index in [2.05, 4.69) is 17.0 Å². The van der Waals surface area contributed by atoms with Gasteiger partial charge in [-0.15, -0.1) is 0 Å². The van der Waals surface area contributed by atoms with Crippen LogP contribution in [0.15, 0.2) is 48.5 Å². The molecule has 0 spiro atoms. The van der Waals surface area contributed by atoms with Gasteiger partial charge in [-0.25, -0.2) is 0 Å². The summed E-state index contributed by atoms with van der Waals surface area (Å²) in [5.74, 6) is 0.0394. The number of benzene rings is 2. The maximum absolute atomic E-state index is 13.0. The Kier molecular flexibility index (Phi) is 6.04. The SMILES string of the molecule is CC(=O)c1ccc2c(c1)N(CC(=O)N1CCN(Cc3ccccc3)CC1)C(=O)C(C)O2. The average Bonchev–Trinajstić information content (AvgIpc) is 2.77. The van der Waals surface area contributed by atoms with E-state index in [0.717, 1.165) is 19.6 Å². The molecule has 0 N–H and O–H groups in total. The number of fused-ring (bicyclic) bond motifs is 1. The fourth-order valence-electron chi connectivity index (χ4n) is 4.02. The second-order valence-electron chi connectivity index (χ2n) is 8.07. The first-order valence-corrected chi connectivity index (χ1v) is 10.6. The molecule has 0 aromatic heterocycles. The van der Waals surface area contributed by atoms with Gasteiger partial charge >= 0.3 is 0 Å². The number of amides is 2. The Bertz CT molecular complexity index is 984. The summed E-state index contributed by atoms with van der Waals surface area (Å²) in [6, 6.07) is 15.3. The summed E-state index contributed by atoms with van der Waals surface area (Å²) in [5.41, 5.74) is 2.22. The molecule has 0 saturated carbocycles. The Morgan fingerprint density at radius 3 is 2.42 bits per heavy atom. The van der Waals surface area contributed by atoms with Gasteiger partial charge in [0.1, 0.15) is 12.3 Å². The standard InChI is InChI=1S/C24H27N3O4/c1-17(28)20-8-9-22-21(14-20)27(24(30)18(2)31-22)16-23(29)26-12-10-25(11-13-26)15-19-6-4-3-5-7-19/h3-9,14,18H,10-13,15-16H2,1-2H3. The van der Waals surface area contributed by atoms with Gasteiger partial charge in [0.15, 0.2) is 11.9 Å². The van der Waals surface area contributed by atoms with Gasteiger partial charge in [0.2, 0.25) is 5.91 Å². The molecule has 7 heteroatoms. The van der Waals surface area contributed by atoms with Gasteiger partial charge in [-0.1, -0.05) is 30.3 Å². The van der Waals surface area contributed by atoms with Crippen LogP contribution in [0.3, 0.4) is 0 Å². The number of ether oxygens (including phenoxy) is 1. The zero-order chi connectivity index (χ0) is 22.0. The van der Waals surface area contributed by atoms with Gasteiger partial charge < -0.3 is 9.64 Å². The third kappa shape index (κ3) is 4.61. The highest BCUT2D eigenvalue weighted by molar-refractivity contribution is 6.05. The summed E-state index contributed by atoms with van der Waals surface area (Å²) in [6.07, 6.45) is -0.675. The van der Waals surface area contributed by atoms with Crippen LogP contribution in [0.2, 0.25) is 0 Å². The van der Waals surface area contributed by atoms with Crippen LogP contribution in [-0.2, 0) is 16.1 Å². The van der Waals surface area contributed by atoms with Crippen molar-refractivity contribution in [2.24, 2.45) is 0 Å². The fourth-order valence-corrected chi connectivity index (χ4v) is 4.02. The maximum Gasteiger partial charge on any atom is 0.268 e. The fraction of sp³-hybridized carbons (Fsp3) is 0.375. The second kappa shape index (κ2) is 8.89. The molecule has 7 nitrogen and oxygen atoms in total. The molecule has 1 unspecified atom stereocenters. The van der Waals surface area contributed by atoms with Crippen molar-refractivity contribution in [3.05, 3.63) is 59.7 Å². The lowest BCUT2D eigenvalue weighted by molar-refractivity contribution is -0.134. The molecule has 2 aliphatic heterocycles. The predicted molar refractivity (Wildman–Crippen MR) is 117 cm³/mol. The quantitative estimate of drug-likeness (QED) is 0.693. The number of ketones is 1. The van der Waals surface area contributed by atoms with Crippen LogP contribution in [0.5, 0.6) is 5.75 Å². The highest BCUT2D eigenvalue weighted by Gasteiger charge is 2.34. The van der Waals surface area contributed by atoms with E-state index in [-0.39, 0.29) is 24.1 Å². The number of carbonyl (C=O) groups excluding carboxylic acids is 3. The highest BCUT2D eigenvalue weighted by atomic mass is 16.5. The van der Waals surface area contributed by atoms with Crippen LogP contribution in [0.25, 0.3) is 0 Å². The average molecular weight is 421 g/mol. The lowest BCUT2D eigenvalue weighted by Gasteiger charge is -2.37. The van der Waals surface area contributed by atoms with Crippen molar-refractivity contribution in [2.45, 2.75) is 26.5 Å². The van der Waals surface area contributed by atoms with Gasteiger partial charge in [-0.2, -0.15) is 0 Å². The molecular weight excluding hydrogens is 394 g/mol. The van der Waals surface area contributed by atoms with Crippen molar-refractivity contribution in [1.82, 2.24) is 9.80 Å². The third-order valence-electron chi connectivity index (χ3n) is 5.84. The Morgan fingerprint density at radius 2 is 1.74 bits per heavy atom. The number of Topliss-reactive ketones (excluding diaryl/α,β-unsaturated/α-hetero) is 1. The molecule has 2 aromatic rings. The zero-order valence-corrected chi connectivity index (χ0v) is 17.9. The molecule has 0 radical (unpaired) electrons. The molecule has 1 atom stereocenters. The van der Waals surface area contributed by atoms with Crippen LogP contribution < -0.4 is 9.64 Å². The largest absolute Gasteiger partial charge is 0.479 e. The van der Waals surface area contributed by atoms with Crippen LogP contribution in [0, 0.1) is 0 Å². The molecule has 1 fully saturated rings. The molecule has 2 heterocycles. The van der Waals surface area contributed by atoms with Crippen molar-refractivity contribution >= 4 is 23.3 Å². The van der Waals surface area contributed by atoms with Crippen molar-refractivity contribution in [2.75, 3.05) is 37.6 Å². The lowest BCUT2D eigenvalue weighted by Crippen LogP contribution is -2.53. The molecule has 4 rings (SSSR count). The van der Waals surface area contributed by atoms with Crippen molar-refractivity contribution in [3.63, 3.8) is 0 Å². The van der Waals surface area contributed by atoms with Crippen LogP contribution in [0.1, 0.15) is 29.8 Å².